The number of ether oxygens (including phenoxy) is 1. The van der Waals surface area contributed by atoms with Crippen LogP contribution in [-0.4, -0.2) is 44.2 Å². The van der Waals surface area contributed by atoms with Crippen LogP contribution in [0.2, 0.25) is 0 Å². The molecule has 1 fully saturated rings. The molecule has 7 heteroatoms. The van der Waals surface area contributed by atoms with E-state index in [1.165, 1.54) is 6.07 Å². The molecule has 2 rings (SSSR count). The van der Waals surface area contributed by atoms with E-state index in [0.29, 0.717) is 24.3 Å². The Morgan fingerprint density at radius 2 is 2.00 bits per heavy atom. The maximum absolute atomic E-state index is 12.6. The second-order valence-corrected chi connectivity index (χ2v) is 8.10. The number of nitro groups is 1. The van der Waals surface area contributed by atoms with Gasteiger partial charge in [-0.05, 0) is 37.4 Å². The van der Waals surface area contributed by atoms with Crippen LogP contribution in [-0.2, 0) is 10.2 Å². The molecule has 7 nitrogen and oxygen atoms in total. The van der Waals surface area contributed by atoms with Gasteiger partial charge in [0.15, 0.2) is 0 Å². The van der Waals surface area contributed by atoms with Crippen molar-refractivity contribution in [2.75, 3.05) is 33.4 Å². The lowest BCUT2D eigenvalue weighted by Crippen LogP contribution is -2.47. The summed E-state index contributed by atoms with van der Waals surface area (Å²) >= 11 is 0. The molecule has 0 aliphatic carbocycles. The molecule has 0 radical (unpaired) electrons. The van der Waals surface area contributed by atoms with Crippen molar-refractivity contribution in [3.8, 4) is 0 Å². The molecule has 2 N–H and O–H groups in total. The molecular formula is C19H29N3O4. The molecule has 144 valence electrons. The lowest BCUT2D eigenvalue weighted by Gasteiger charge is -2.37. The third kappa shape index (κ3) is 4.80. The Balaban J connectivity index is 2.16. The minimum Gasteiger partial charge on any atom is -0.384 e. The largest absolute Gasteiger partial charge is 0.384 e. The number of amides is 1. The summed E-state index contributed by atoms with van der Waals surface area (Å²) in [6.45, 7) is 8.62. The standard InChI is InChI=1S/C19H29N3O4/c1-18(2,3)15-6-5-14(11-16(15)22(24)25)17(23)21-12-19(13-26-4)7-9-20-10-8-19/h5-6,11,20H,7-10,12-13H2,1-4H3,(H,21,23). The number of hydrogen-bond donors (Lipinski definition) is 2. The fraction of sp³-hybridized carbons (Fsp3) is 0.632. The van der Waals surface area contributed by atoms with Crippen molar-refractivity contribution >= 4 is 11.6 Å². The van der Waals surface area contributed by atoms with E-state index in [-0.39, 0.29) is 22.4 Å². The molecule has 1 heterocycles. The minimum absolute atomic E-state index is 0.0152. The lowest BCUT2D eigenvalue weighted by molar-refractivity contribution is -0.386. The van der Waals surface area contributed by atoms with Crippen LogP contribution in [0.5, 0.6) is 0 Å². The van der Waals surface area contributed by atoms with Crippen molar-refractivity contribution in [3.63, 3.8) is 0 Å². The second-order valence-electron chi connectivity index (χ2n) is 8.10. The van der Waals surface area contributed by atoms with E-state index in [1.807, 2.05) is 20.8 Å². The quantitative estimate of drug-likeness (QED) is 0.599. The van der Waals surface area contributed by atoms with E-state index in [1.54, 1.807) is 19.2 Å². The van der Waals surface area contributed by atoms with E-state index in [2.05, 4.69) is 10.6 Å². The predicted octanol–water partition coefficient (Wildman–Crippen LogP) is 2.64. The van der Waals surface area contributed by atoms with Crippen molar-refractivity contribution in [1.29, 1.82) is 0 Å². The lowest BCUT2D eigenvalue weighted by atomic mass is 9.79. The summed E-state index contributed by atoms with van der Waals surface area (Å²) < 4.78 is 5.36. The molecule has 0 saturated carbocycles. The van der Waals surface area contributed by atoms with Gasteiger partial charge in [0.2, 0.25) is 0 Å². The SMILES string of the molecule is COCC1(CNC(=O)c2ccc(C(C)(C)C)c([N+](=O)[O-])c2)CCNCC1. The summed E-state index contributed by atoms with van der Waals surface area (Å²) in [5, 5.41) is 17.7. The highest BCUT2D eigenvalue weighted by Crippen LogP contribution is 2.32. The Morgan fingerprint density at radius 3 is 2.54 bits per heavy atom. The summed E-state index contributed by atoms with van der Waals surface area (Å²) in [4.78, 5) is 23.6. The number of piperidine rings is 1. The average Bonchev–Trinajstić information content (AvgIpc) is 2.59. The predicted molar refractivity (Wildman–Crippen MR) is 101 cm³/mol. The van der Waals surface area contributed by atoms with Gasteiger partial charge in [-0.15, -0.1) is 0 Å². The molecule has 0 unspecified atom stereocenters. The van der Waals surface area contributed by atoms with Gasteiger partial charge in [0.1, 0.15) is 0 Å². The van der Waals surface area contributed by atoms with Crippen molar-refractivity contribution in [1.82, 2.24) is 10.6 Å². The van der Waals surface area contributed by atoms with Gasteiger partial charge in [0.05, 0.1) is 11.5 Å². The Labute approximate surface area is 154 Å². The van der Waals surface area contributed by atoms with Gasteiger partial charge in [-0.1, -0.05) is 26.8 Å². The minimum atomic E-state index is -0.420. The number of methoxy groups -OCH3 is 1. The summed E-state index contributed by atoms with van der Waals surface area (Å²) in [7, 11) is 1.67. The molecule has 26 heavy (non-hydrogen) atoms. The molecule has 0 aromatic heterocycles. The Kier molecular flexibility index (Phi) is 6.36. The monoisotopic (exact) mass is 363 g/mol. The van der Waals surface area contributed by atoms with Crippen LogP contribution < -0.4 is 10.6 Å². The van der Waals surface area contributed by atoms with Gasteiger partial charge in [0.25, 0.3) is 11.6 Å². The van der Waals surface area contributed by atoms with Crippen LogP contribution in [0.1, 0.15) is 49.5 Å². The number of rotatable bonds is 6. The Morgan fingerprint density at radius 1 is 1.35 bits per heavy atom. The first-order chi connectivity index (χ1) is 12.2. The fourth-order valence-electron chi connectivity index (χ4n) is 3.46. The molecule has 1 amide bonds. The molecule has 0 spiro atoms. The third-order valence-electron chi connectivity index (χ3n) is 5.00. The van der Waals surface area contributed by atoms with Gasteiger partial charge in [-0.2, -0.15) is 0 Å². The zero-order chi connectivity index (χ0) is 19.4. The van der Waals surface area contributed by atoms with Crippen molar-refractivity contribution in [2.24, 2.45) is 5.41 Å². The number of nitrogens with one attached hydrogen (secondary N) is 2. The zero-order valence-electron chi connectivity index (χ0n) is 16.1. The maximum Gasteiger partial charge on any atom is 0.273 e. The van der Waals surface area contributed by atoms with Gasteiger partial charge in [-0.3, -0.25) is 14.9 Å². The number of carbonyl (C=O) groups is 1. The van der Waals surface area contributed by atoms with E-state index in [0.717, 1.165) is 25.9 Å². The molecule has 1 saturated heterocycles. The van der Waals surface area contributed by atoms with E-state index in [9.17, 15) is 14.9 Å². The number of nitro benzene ring substituents is 1. The molecule has 1 aromatic carbocycles. The van der Waals surface area contributed by atoms with E-state index >= 15 is 0 Å². The molecule has 1 aliphatic heterocycles. The molecular weight excluding hydrogens is 334 g/mol. The zero-order valence-corrected chi connectivity index (χ0v) is 16.1. The fourth-order valence-corrected chi connectivity index (χ4v) is 3.46. The van der Waals surface area contributed by atoms with Crippen LogP contribution in [0.4, 0.5) is 5.69 Å². The summed E-state index contributed by atoms with van der Waals surface area (Å²) in [6, 6.07) is 4.72. The smallest absolute Gasteiger partial charge is 0.273 e. The third-order valence-corrected chi connectivity index (χ3v) is 5.00. The van der Waals surface area contributed by atoms with Crippen LogP contribution in [0.15, 0.2) is 18.2 Å². The number of hydrogen-bond acceptors (Lipinski definition) is 5. The maximum atomic E-state index is 12.6. The number of carbonyl (C=O) groups excluding carboxylic acids is 1. The highest BCUT2D eigenvalue weighted by atomic mass is 16.6. The van der Waals surface area contributed by atoms with Crippen LogP contribution in [0.3, 0.4) is 0 Å². The normalized spacial score (nSPS) is 16.9. The van der Waals surface area contributed by atoms with Crippen LogP contribution >= 0.6 is 0 Å². The van der Waals surface area contributed by atoms with Crippen molar-refractivity contribution < 1.29 is 14.5 Å². The van der Waals surface area contributed by atoms with Crippen molar-refractivity contribution in [2.45, 2.75) is 39.0 Å². The first-order valence-electron chi connectivity index (χ1n) is 8.95. The van der Waals surface area contributed by atoms with Gasteiger partial charge in [0, 0.05) is 36.3 Å². The molecule has 0 bridgehead atoms. The summed E-state index contributed by atoms with van der Waals surface area (Å²) in [5.41, 5.74) is 0.459. The first kappa shape index (κ1) is 20.3. The van der Waals surface area contributed by atoms with E-state index < -0.39 is 4.92 Å². The average molecular weight is 363 g/mol. The van der Waals surface area contributed by atoms with Crippen LogP contribution in [0, 0.1) is 15.5 Å². The van der Waals surface area contributed by atoms with Gasteiger partial charge >= 0.3 is 0 Å². The summed E-state index contributed by atoms with van der Waals surface area (Å²) in [6.07, 6.45) is 1.84. The molecule has 1 aromatic rings. The first-order valence-corrected chi connectivity index (χ1v) is 8.95. The topological polar surface area (TPSA) is 93.5 Å². The highest BCUT2D eigenvalue weighted by molar-refractivity contribution is 5.95. The van der Waals surface area contributed by atoms with Gasteiger partial charge < -0.3 is 15.4 Å². The van der Waals surface area contributed by atoms with Crippen molar-refractivity contribution in [3.05, 3.63) is 39.4 Å². The second kappa shape index (κ2) is 8.14. The Hall–Kier alpha value is -1.99. The van der Waals surface area contributed by atoms with Gasteiger partial charge in [-0.25, -0.2) is 0 Å². The number of nitrogens with zero attached hydrogens (tertiary/aromatic N) is 1. The molecule has 0 atom stereocenters. The highest BCUT2D eigenvalue weighted by Gasteiger charge is 2.33. The van der Waals surface area contributed by atoms with E-state index in [4.69, 9.17) is 4.74 Å². The number of benzene rings is 1. The molecule has 1 aliphatic rings. The van der Waals surface area contributed by atoms with Crippen LogP contribution in [0.25, 0.3) is 0 Å². The summed E-state index contributed by atoms with van der Waals surface area (Å²) in [5.74, 6) is -0.289. The Bertz CT molecular complexity index is 656.